The Bertz CT molecular complexity index is 368. The van der Waals surface area contributed by atoms with Crippen LogP contribution in [0.4, 0.5) is 0 Å². The molecule has 0 unspecified atom stereocenters. The van der Waals surface area contributed by atoms with Crippen LogP contribution in [0.2, 0.25) is 0 Å². The molecule has 1 heterocycles. The summed E-state index contributed by atoms with van der Waals surface area (Å²) < 4.78 is 0. The Labute approximate surface area is 110 Å². The molecule has 0 fully saturated rings. The van der Waals surface area contributed by atoms with E-state index in [0.717, 1.165) is 18.7 Å². The molecule has 1 N–H and O–H groups in total. The number of rotatable bonds is 9. The SMILES string of the molecule is CCCCCCCCNCc1ccnc(C#N)c1. The van der Waals surface area contributed by atoms with Gasteiger partial charge < -0.3 is 5.32 Å². The predicted octanol–water partition coefficient (Wildman–Crippen LogP) is 3.40. The van der Waals surface area contributed by atoms with Crippen molar-refractivity contribution in [2.75, 3.05) is 6.54 Å². The third kappa shape index (κ3) is 6.36. The van der Waals surface area contributed by atoms with E-state index in [9.17, 15) is 0 Å². The van der Waals surface area contributed by atoms with E-state index in [1.807, 2.05) is 12.1 Å². The van der Waals surface area contributed by atoms with Gasteiger partial charge in [-0.25, -0.2) is 4.98 Å². The lowest BCUT2D eigenvalue weighted by atomic mass is 10.1. The van der Waals surface area contributed by atoms with Crippen LogP contribution >= 0.6 is 0 Å². The highest BCUT2D eigenvalue weighted by atomic mass is 14.8. The van der Waals surface area contributed by atoms with Crippen molar-refractivity contribution < 1.29 is 0 Å². The van der Waals surface area contributed by atoms with Crippen LogP contribution in [0.15, 0.2) is 18.3 Å². The average Bonchev–Trinajstić information content (AvgIpc) is 2.42. The first-order valence-electron chi connectivity index (χ1n) is 6.92. The van der Waals surface area contributed by atoms with Gasteiger partial charge in [-0.05, 0) is 30.7 Å². The summed E-state index contributed by atoms with van der Waals surface area (Å²) in [5.41, 5.74) is 1.63. The first-order chi connectivity index (χ1) is 8.86. The zero-order valence-electron chi connectivity index (χ0n) is 11.3. The van der Waals surface area contributed by atoms with E-state index in [4.69, 9.17) is 5.26 Å². The number of pyridine rings is 1. The van der Waals surface area contributed by atoms with Crippen LogP contribution < -0.4 is 5.32 Å². The summed E-state index contributed by atoms with van der Waals surface area (Å²) in [6, 6.07) is 5.85. The molecule has 0 aliphatic rings. The number of nitrogens with one attached hydrogen (secondary N) is 1. The summed E-state index contributed by atoms with van der Waals surface area (Å²) in [6.45, 7) is 4.12. The lowest BCUT2D eigenvalue weighted by Gasteiger charge is -2.05. The second-order valence-electron chi connectivity index (χ2n) is 4.61. The highest BCUT2D eigenvalue weighted by Gasteiger charge is 1.96. The molecule has 0 atom stereocenters. The van der Waals surface area contributed by atoms with E-state index >= 15 is 0 Å². The maximum absolute atomic E-state index is 8.74. The van der Waals surface area contributed by atoms with Gasteiger partial charge in [0.05, 0.1) is 0 Å². The van der Waals surface area contributed by atoms with Gasteiger partial charge in [0.15, 0.2) is 0 Å². The number of hydrogen-bond acceptors (Lipinski definition) is 3. The Morgan fingerprint density at radius 3 is 2.78 bits per heavy atom. The van der Waals surface area contributed by atoms with E-state index in [2.05, 4.69) is 23.3 Å². The normalized spacial score (nSPS) is 10.2. The molecule has 0 aromatic carbocycles. The molecule has 0 saturated carbocycles. The van der Waals surface area contributed by atoms with Crippen LogP contribution in [0.5, 0.6) is 0 Å². The molecule has 3 nitrogen and oxygen atoms in total. The van der Waals surface area contributed by atoms with Crippen molar-refractivity contribution in [1.82, 2.24) is 10.3 Å². The smallest absolute Gasteiger partial charge is 0.140 e. The minimum Gasteiger partial charge on any atom is -0.313 e. The second-order valence-corrected chi connectivity index (χ2v) is 4.61. The van der Waals surface area contributed by atoms with Crippen molar-refractivity contribution in [3.8, 4) is 6.07 Å². The number of hydrogen-bond donors (Lipinski definition) is 1. The van der Waals surface area contributed by atoms with Gasteiger partial charge in [-0.2, -0.15) is 5.26 Å². The van der Waals surface area contributed by atoms with E-state index in [1.165, 1.54) is 38.5 Å². The Morgan fingerprint density at radius 1 is 1.22 bits per heavy atom. The van der Waals surface area contributed by atoms with E-state index < -0.39 is 0 Å². The van der Waals surface area contributed by atoms with Crippen molar-refractivity contribution in [3.05, 3.63) is 29.6 Å². The monoisotopic (exact) mass is 245 g/mol. The zero-order valence-corrected chi connectivity index (χ0v) is 11.3. The highest BCUT2D eigenvalue weighted by molar-refractivity contribution is 5.25. The summed E-state index contributed by atoms with van der Waals surface area (Å²) in [5, 5.41) is 12.1. The van der Waals surface area contributed by atoms with Crippen LogP contribution in [0.1, 0.15) is 56.7 Å². The van der Waals surface area contributed by atoms with Gasteiger partial charge in [0, 0.05) is 12.7 Å². The van der Waals surface area contributed by atoms with Crippen LogP contribution in [0.25, 0.3) is 0 Å². The molecule has 1 aromatic heterocycles. The standard InChI is InChI=1S/C15H23N3/c1-2-3-4-5-6-7-9-17-13-14-8-10-18-15(11-14)12-16/h8,10-11,17H,2-7,9,13H2,1H3. The predicted molar refractivity (Wildman–Crippen MR) is 74.0 cm³/mol. The summed E-state index contributed by atoms with van der Waals surface area (Å²) in [5.74, 6) is 0. The summed E-state index contributed by atoms with van der Waals surface area (Å²) in [4.78, 5) is 3.96. The molecule has 0 spiro atoms. The molecule has 18 heavy (non-hydrogen) atoms. The van der Waals surface area contributed by atoms with E-state index in [0.29, 0.717) is 5.69 Å². The van der Waals surface area contributed by atoms with Gasteiger partial charge in [-0.15, -0.1) is 0 Å². The molecule has 0 aliphatic heterocycles. The maximum atomic E-state index is 8.74. The van der Waals surface area contributed by atoms with Gasteiger partial charge in [-0.1, -0.05) is 39.0 Å². The molecule has 0 amide bonds. The third-order valence-electron chi connectivity index (χ3n) is 2.98. The molecule has 0 radical (unpaired) electrons. The van der Waals surface area contributed by atoms with Crippen molar-refractivity contribution >= 4 is 0 Å². The van der Waals surface area contributed by atoms with Crippen molar-refractivity contribution in [2.24, 2.45) is 0 Å². The maximum Gasteiger partial charge on any atom is 0.140 e. The third-order valence-corrected chi connectivity index (χ3v) is 2.98. The van der Waals surface area contributed by atoms with Gasteiger partial charge in [-0.3, -0.25) is 0 Å². The Hall–Kier alpha value is -1.40. The van der Waals surface area contributed by atoms with Gasteiger partial charge in [0.25, 0.3) is 0 Å². The highest BCUT2D eigenvalue weighted by Crippen LogP contribution is 2.04. The number of aromatic nitrogens is 1. The van der Waals surface area contributed by atoms with Crippen LogP contribution in [-0.2, 0) is 6.54 Å². The lowest BCUT2D eigenvalue weighted by Crippen LogP contribution is -2.14. The van der Waals surface area contributed by atoms with Gasteiger partial charge >= 0.3 is 0 Å². The molecule has 3 heteroatoms. The van der Waals surface area contributed by atoms with Gasteiger partial charge in [0.1, 0.15) is 11.8 Å². The number of nitrogens with zero attached hydrogens (tertiary/aromatic N) is 2. The van der Waals surface area contributed by atoms with Crippen molar-refractivity contribution in [1.29, 1.82) is 5.26 Å². The van der Waals surface area contributed by atoms with Gasteiger partial charge in [0.2, 0.25) is 0 Å². The van der Waals surface area contributed by atoms with Crippen LogP contribution in [0, 0.1) is 11.3 Å². The fourth-order valence-electron chi connectivity index (χ4n) is 1.91. The molecule has 0 saturated heterocycles. The van der Waals surface area contributed by atoms with Crippen LogP contribution in [-0.4, -0.2) is 11.5 Å². The largest absolute Gasteiger partial charge is 0.313 e. The minimum atomic E-state index is 0.494. The minimum absolute atomic E-state index is 0.494. The summed E-state index contributed by atoms with van der Waals surface area (Å²) in [7, 11) is 0. The first kappa shape index (κ1) is 14.7. The van der Waals surface area contributed by atoms with Crippen LogP contribution in [0.3, 0.4) is 0 Å². The quantitative estimate of drug-likeness (QED) is 0.678. The topological polar surface area (TPSA) is 48.7 Å². The first-order valence-corrected chi connectivity index (χ1v) is 6.92. The Morgan fingerprint density at radius 2 is 2.00 bits per heavy atom. The zero-order chi connectivity index (χ0) is 13.1. The van der Waals surface area contributed by atoms with Crippen molar-refractivity contribution in [3.63, 3.8) is 0 Å². The average molecular weight is 245 g/mol. The fraction of sp³-hybridized carbons (Fsp3) is 0.600. The number of nitriles is 1. The molecular formula is C15H23N3. The summed E-state index contributed by atoms with van der Waals surface area (Å²) >= 11 is 0. The molecule has 1 rings (SSSR count). The molecule has 1 aromatic rings. The molecule has 98 valence electrons. The summed E-state index contributed by atoms with van der Waals surface area (Å²) in [6.07, 6.45) is 9.63. The Balaban J connectivity index is 2.05. The number of unbranched alkanes of at least 4 members (excludes halogenated alkanes) is 5. The van der Waals surface area contributed by atoms with Crippen molar-refractivity contribution in [2.45, 2.75) is 52.0 Å². The van der Waals surface area contributed by atoms with E-state index in [-0.39, 0.29) is 0 Å². The second kappa shape index (κ2) is 9.61. The Kier molecular flexibility index (Phi) is 7.83. The fourth-order valence-corrected chi connectivity index (χ4v) is 1.91. The molecule has 0 aliphatic carbocycles. The van der Waals surface area contributed by atoms with E-state index in [1.54, 1.807) is 6.20 Å². The molecular weight excluding hydrogens is 222 g/mol. The lowest BCUT2D eigenvalue weighted by molar-refractivity contribution is 0.572. The molecule has 0 bridgehead atoms.